The van der Waals surface area contributed by atoms with E-state index < -0.39 is 0 Å². The minimum atomic E-state index is -0.0250. The molecule has 1 amide bonds. The Morgan fingerprint density at radius 1 is 1.17 bits per heavy atom. The van der Waals surface area contributed by atoms with E-state index in [4.69, 9.17) is 16.3 Å². The van der Waals surface area contributed by atoms with Crippen LogP contribution in [0.1, 0.15) is 36.0 Å². The quantitative estimate of drug-likeness (QED) is 0.628. The van der Waals surface area contributed by atoms with Gasteiger partial charge in [-0.3, -0.25) is 4.79 Å². The first-order valence-corrected chi connectivity index (χ1v) is 10.8. The number of rotatable bonds is 6. The zero-order valence-corrected chi connectivity index (χ0v) is 17.4. The predicted molar refractivity (Wildman–Crippen MR) is 116 cm³/mol. The molecule has 0 bridgehead atoms. The van der Waals surface area contributed by atoms with Crippen molar-refractivity contribution in [3.8, 4) is 11.3 Å². The second-order valence-corrected chi connectivity index (χ2v) is 8.41. The van der Waals surface area contributed by atoms with Crippen LogP contribution < -0.4 is 10.6 Å². The van der Waals surface area contributed by atoms with Crippen LogP contribution in [0.2, 0.25) is 5.15 Å². The van der Waals surface area contributed by atoms with Gasteiger partial charge in [0.2, 0.25) is 0 Å². The van der Waals surface area contributed by atoms with Crippen LogP contribution in [-0.2, 0) is 4.74 Å². The molecule has 1 aromatic carbocycles. The van der Waals surface area contributed by atoms with Gasteiger partial charge in [-0.25, -0.2) is 9.50 Å². The maximum Gasteiger partial charge on any atom is 0.251 e. The van der Waals surface area contributed by atoms with Crippen molar-refractivity contribution in [3.05, 3.63) is 47.2 Å². The number of aromatic nitrogens is 3. The first kappa shape index (κ1) is 19.3. The Balaban J connectivity index is 1.38. The molecule has 8 heteroatoms. The summed E-state index contributed by atoms with van der Waals surface area (Å²) in [5, 5.41) is 11.4. The largest absolute Gasteiger partial charge is 0.382 e. The molecular weight excluding hydrogens is 402 g/mol. The zero-order chi connectivity index (χ0) is 20.5. The molecular formula is C22H24ClN5O2. The maximum absolute atomic E-state index is 12.2. The van der Waals surface area contributed by atoms with E-state index in [2.05, 4.69) is 20.7 Å². The summed E-state index contributed by atoms with van der Waals surface area (Å²) in [7, 11) is 0. The minimum absolute atomic E-state index is 0.0250. The Labute approximate surface area is 179 Å². The van der Waals surface area contributed by atoms with Gasteiger partial charge in [0.05, 0.1) is 17.6 Å². The molecule has 2 aromatic heterocycles. The number of carbonyl (C=O) groups is 1. The smallest absolute Gasteiger partial charge is 0.251 e. The second kappa shape index (κ2) is 8.24. The number of hydrogen-bond acceptors (Lipinski definition) is 5. The molecule has 7 nitrogen and oxygen atoms in total. The van der Waals surface area contributed by atoms with E-state index in [1.807, 2.05) is 30.3 Å². The third kappa shape index (κ3) is 4.13. The van der Waals surface area contributed by atoms with Crippen molar-refractivity contribution in [2.45, 2.75) is 31.7 Å². The number of carbonyl (C=O) groups excluding carboxylic acids is 1. The summed E-state index contributed by atoms with van der Waals surface area (Å²) in [6, 6.07) is 9.67. The number of ether oxygens (including phenoxy) is 1. The standard InChI is InChI=1S/C22H24ClN5O2/c23-20-11-18(24-12-14-7-9-30-10-8-14)21-25-13-19(28(21)27-20)15-1-3-16(4-2-15)22(29)26-17-5-6-17/h1-4,11,13-14,17,24H,5-10,12H2,(H,26,29). The molecule has 30 heavy (non-hydrogen) atoms. The summed E-state index contributed by atoms with van der Waals surface area (Å²) < 4.78 is 7.20. The van der Waals surface area contributed by atoms with Crippen LogP contribution >= 0.6 is 11.6 Å². The van der Waals surface area contributed by atoms with Crippen molar-refractivity contribution >= 4 is 28.8 Å². The van der Waals surface area contributed by atoms with Gasteiger partial charge in [0.1, 0.15) is 0 Å². The highest BCUT2D eigenvalue weighted by molar-refractivity contribution is 6.29. The van der Waals surface area contributed by atoms with Crippen LogP contribution in [0.25, 0.3) is 16.9 Å². The Kier molecular flexibility index (Phi) is 5.31. The van der Waals surface area contributed by atoms with E-state index in [0.29, 0.717) is 22.7 Å². The summed E-state index contributed by atoms with van der Waals surface area (Å²) in [4.78, 5) is 16.8. The number of halogens is 1. The monoisotopic (exact) mass is 425 g/mol. The Morgan fingerprint density at radius 2 is 1.93 bits per heavy atom. The summed E-state index contributed by atoms with van der Waals surface area (Å²) in [6.07, 6.45) is 6.05. The van der Waals surface area contributed by atoms with E-state index in [1.165, 1.54) is 0 Å². The molecule has 5 rings (SSSR count). The number of nitrogens with zero attached hydrogens (tertiary/aromatic N) is 3. The lowest BCUT2D eigenvalue weighted by Crippen LogP contribution is -2.25. The van der Waals surface area contributed by atoms with Crippen molar-refractivity contribution in [1.82, 2.24) is 19.9 Å². The minimum Gasteiger partial charge on any atom is -0.382 e. The average Bonchev–Trinajstić information content (AvgIpc) is 3.48. The molecule has 2 fully saturated rings. The average molecular weight is 426 g/mol. The van der Waals surface area contributed by atoms with E-state index in [-0.39, 0.29) is 5.91 Å². The molecule has 1 saturated carbocycles. The molecule has 2 N–H and O–H groups in total. The van der Waals surface area contributed by atoms with Gasteiger partial charge in [0.15, 0.2) is 10.8 Å². The summed E-state index contributed by atoms with van der Waals surface area (Å²) in [5.41, 5.74) is 4.01. The number of nitrogens with one attached hydrogen (secondary N) is 2. The van der Waals surface area contributed by atoms with Crippen molar-refractivity contribution < 1.29 is 9.53 Å². The van der Waals surface area contributed by atoms with Crippen LogP contribution in [0, 0.1) is 5.92 Å². The zero-order valence-electron chi connectivity index (χ0n) is 16.6. The van der Waals surface area contributed by atoms with Crippen molar-refractivity contribution in [2.75, 3.05) is 25.1 Å². The summed E-state index contributed by atoms with van der Waals surface area (Å²) in [6.45, 7) is 2.49. The molecule has 1 saturated heterocycles. The third-order valence-electron chi connectivity index (χ3n) is 5.72. The number of imidazole rings is 1. The summed E-state index contributed by atoms with van der Waals surface area (Å²) in [5.74, 6) is 0.553. The molecule has 3 heterocycles. The van der Waals surface area contributed by atoms with Gasteiger partial charge < -0.3 is 15.4 Å². The first-order chi connectivity index (χ1) is 14.7. The van der Waals surface area contributed by atoms with E-state index in [1.54, 1.807) is 10.7 Å². The SMILES string of the molecule is O=C(NC1CC1)c1ccc(-c2cnc3c(NCC4CCOCC4)cc(Cl)nn23)cc1. The number of benzene rings is 1. The lowest BCUT2D eigenvalue weighted by atomic mass is 10.0. The fourth-order valence-electron chi connectivity index (χ4n) is 3.76. The fraction of sp³-hybridized carbons (Fsp3) is 0.409. The van der Waals surface area contributed by atoms with Gasteiger partial charge in [-0.1, -0.05) is 23.7 Å². The van der Waals surface area contributed by atoms with E-state index >= 15 is 0 Å². The Bertz CT molecular complexity index is 1060. The van der Waals surface area contributed by atoms with Crippen LogP contribution in [0.3, 0.4) is 0 Å². The van der Waals surface area contributed by atoms with Gasteiger partial charge in [0.25, 0.3) is 5.91 Å². The lowest BCUT2D eigenvalue weighted by Gasteiger charge is -2.22. The van der Waals surface area contributed by atoms with Crippen molar-refractivity contribution in [1.29, 1.82) is 0 Å². The molecule has 1 aliphatic heterocycles. The number of anilines is 1. The highest BCUT2D eigenvalue weighted by Crippen LogP contribution is 2.27. The molecule has 1 aliphatic carbocycles. The number of hydrogen-bond donors (Lipinski definition) is 2. The lowest BCUT2D eigenvalue weighted by molar-refractivity contribution is 0.0699. The van der Waals surface area contributed by atoms with Crippen LogP contribution in [0.15, 0.2) is 36.5 Å². The van der Waals surface area contributed by atoms with E-state index in [9.17, 15) is 4.79 Å². The highest BCUT2D eigenvalue weighted by atomic mass is 35.5. The van der Waals surface area contributed by atoms with Gasteiger partial charge in [-0.15, -0.1) is 0 Å². The fourth-order valence-corrected chi connectivity index (χ4v) is 3.94. The van der Waals surface area contributed by atoms with Crippen LogP contribution in [0.5, 0.6) is 0 Å². The third-order valence-corrected chi connectivity index (χ3v) is 5.90. The Hall–Kier alpha value is -2.64. The number of amides is 1. The van der Waals surface area contributed by atoms with Gasteiger partial charge >= 0.3 is 0 Å². The Morgan fingerprint density at radius 3 is 2.67 bits per heavy atom. The number of fused-ring (bicyclic) bond motifs is 1. The molecule has 0 atom stereocenters. The molecule has 2 aliphatic rings. The maximum atomic E-state index is 12.2. The first-order valence-electron chi connectivity index (χ1n) is 10.4. The van der Waals surface area contributed by atoms with Crippen LogP contribution in [-0.4, -0.2) is 46.3 Å². The van der Waals surface area contributed by atoms with Crippen LogP contribution in [0.4, 0.5) is 5.69 Å². The van der Waals surface area contributed by atoms with E-state index in [0.717, 1.165) is 68.0 Å². The normalized spacial score (nSPS) is 17.2. The molecule has 3 aromatic rings. The topological polar surface area (TPSA) is 80.5 Å². The van der Waals surface area contributed by atoms with Gasteiger partial charge in [-0.2, -0.15) is 5.10 Å². The van der Waals surface area contributed by atoms with Crippen molar-refractivity contribution in [2.24, 2.45) is 5.92 Å². The van der Waals surface area contributed by atoms with Gasteiger partial charge in [-0.05, 0) is 43.7 Å². The summed E-state index contributed by atoms with van der Waals surface area (Å²) >= 11 is 6.31. The molecule has 0 radical (unpaired) electrons. The molecule has 156 valence electrons. The van der Waals surface area contributed by atoms with Gasteiger partial charge in [0, 0.05) is 43.0 Å². The second-order valence-electron chi connectivity index (χ2n) is 8.02. The highest BCUT2D eigenvalue weighted by Gasteiger charge is 2.24. The van der Waals surface area contributed by atoms with Crippen molar-refractivity contribution in [3.63, 3.8) is 0 Å². The molecule has 0 spiro atoms. The predicted octanol–water partition coefficient (Wildman–Crippen LogP) is 3.78. The molecule has 0 unspecified atom stereocenters.